The number of rotatable bonds is 10. The highest BCUT2D eigenvalue weighted by atomic mass is 16.5. The van der Waals surface area contributed by atoms with Crippen molar-refractivity contribution >= 4 is 17.3 Å². The highest BCUT2D eigenvalue weighted by molar-refractivity contribution is 5.95. The lowest BCUT2D eigenvalue weighted by Crippen LogP contribution is -2.22. The summed E-state index contributed by atoms with van der Waals surface area (Å²) in [6, 6.07) is 15.1. The monoisotopic (exact) mass is 370 g/mol. The number of anilines is 2. The van der Waals surface area contributed by atoms with Gasteiger partial charge in [-0.2, -0.15) is 0 Å². The number of benzene rings is 2. The zero-order chi connectivity index (χ0) is 19.6. The third-order valence-corrected chi connectivity index (χ3v) is 3.63. The second-order valence-corrected chi connectivity index (χ2v) is 7.30. The van der Waals surface area contributed by atoms with Gasteiger partial charge in [0, 0.05) is 0 Å². The SMILES string of the molecule is CC(C)COc1ccccc1NCC(=O)Nc1ccccc1OCC(C)C. The Morgan fingerprint density at radius 1 is 0.815 bits per heavy atom. The van der Waals surface area contributed by atoms with Gasteiger partial charge < -0.3 is 20.1 Å². The number of carbonyl (C=O) groups is 1. The van der Waals surface area contributed by atoms with Gasteiger partial charge in [-0.05, 0) is 36.1 Å². The molecular weight excluding hydrogens is 340 g/mol. The van der Waals surface area contributed by atoms with Crippen molar-refractivity contribution in [1.82, 2.24) is 0 Å². The first-order chi connectivity index (χ1) is 13.0. The van der Waals surface area contributed by atoms with Crippen LogP contribution in [0.3, 0.4) is 0 Å². The number of nitrogens with one attached hydrogen (secondary N) is 2. The number of hydrogen-bond acceptors (Lipinski definition) is 4. The summed E-state index contributed by atoms with van der Waals surface area (Å²) in [6.45, 7) is 9.75. The van der Waals surface area contributed by atoms with Gasteiger partial charge in [-0.3, -0.25) is 4.79 Å². The summed E-state index contributed by atoms with van der Waals surface area (Å²) in [7, 11) is 0. The number of carbonyl (C=O) groups excluding carboxylic acids is 1. The molecule has 5 heteroatoms. The van der Waals surface area contributed by atoms with E-state index < -0.39 is 0 Å². The molecule has 2 N–H and O–H groups in total. The fraction of sp³-hybridized carbons (Fsp3) is 0.409. The Kier molecular flexibility index (Phi) is 7.99. The summed E-state index contributed by atoms with van der Waals surface area (Å²) in [5.41, 5.74) is 1.48. The van der Waals surface area contributed by atoms with Crippen LogP contribution >= 0.6 is 0 Å². The summed E-state index contributed by atoms with van der Waals surface area (Å²) < 4.78 is 11.6. The van der Waals surface area contributed by atoms with Crippen LogP contribution in [0.5, 0.6) is 11.5 Å². The third-order valence-electron chi connectivity index (χ3n) is 3.63. The molecule has 27 heavy (non-hydrogen) atoms. The molecule has 0 saturated heterocycles. The molecule has 0 aliphatic heterocycles. The predicted molar refractivity (Wildman–Crippen MR) is 111 cm³/mol. The molecule has 5 nitrogen and oxygen atoms in total. The van der Waals surface area contributed by atoms with Gasteiger partial charge in [0.05, 0.1) is 31.1 Å². The van der Waals surface area contributed by atoms with Crippen LogP contribution in [0.25, 0.3) is 0 Å². The molecule has 0 radical (unpaired) electrons. The molecule has 0 heterocycles. The quantitative estimate of drug-likeness (QED) is 0.630. The average Bonchev–Trinajstić information content (AvgIpc) is 2.64. The van der Waals surface area contributed by atoms with Crippen molar-refractivity contribution in [2.24, 2.45) is 11.8 Å². The van der Waals surface area contributed by atoms with Crippen LogP contribution in [0.1, 0.15) is 27.7 Å². The van der Waals surface area contributed by atoms with Crippen LogP contribution in [0, 0.1) is 11.8 Å². The van der Waals surface area contributed by atoms with E-state index in [1.165, 1.54) is 0 Å². The molecule has 0 bridgehead atoms. The minimum atomic E-state index is -0.144. The highest BCUT2D eigenvalue weighted by Gasteiger charge is 2.10. The Morgan fingerprint density at radius 2 is 1.30 bits per heavy atom. The van der Waals surface area contributed by atoms with Gasteiger partial charge in [0.15, 0.2) is 0 Å². The van der Waals surface area contributed by atoms with Crippen LogP contribution in [0.2, 0.25) is 0 Å². The lowest BCUT2D eigenvalue weighted by Gasteiger charge is -2.16. The first-order valence-electron chi connectivity index (χ1n) is 9.43. The van der Waals surface area contributed by atoms with E-state index in [2.05, 4.69) is 38.3 Å². The van der Waals surface area contributed by atoms with E-state index in [9.17, 15) is 4.79 Å². The van der Waals surface area contributed by atoms with Crippen molar-refractivity contribution in [3.8, 4) is 11.5 Å². The van der Waals surface area contributed by atoms with Gasteiger partial charge in [-0.25, -0.2) is 0 Å². The largest absolute Gasteiger partial charge is 0.491 e. The second kappa shape index (κ2) is 10.5. The van der Waals surface area contributed by atoms with E-state index in [1.54, 1.807) is 0 Å². The standard InChI is InChI=1S/C22H30N2O3/c1-16(2)14-26-20-11-7-5-9-18(20)23-13-22(25)24-19-10-6-8-12-21(19)27-15-17(3)4/h5-12,16-17,23H,13-15H2,1-4H3,(H,24,25). The Morgan fingerprint density at radius 3 is 1.85 bits per heavy atom. The van der Waals surface area contributed by atoms with Gasteiger partial charge >= 0.3 is 0 Å². The van der Waals surface area contributed by atoms with Gasteiger partial charge in [0.1, 0.15) is 11.5 Å². The smallest absolute Gasteiger partial charge is 0.243 e. The maximum Gasteiger partial charge on any atom is 0.243 e. The van der Waals surface area contributed by atoms with Crippen molar-refractivity contribution < 1.29 is 14.3 Å². The van der Waals surface area contributed by atoms with Gasteiger partial charge in [0.2, 0.25) is 5.91 Å². The molecular formula is C22H30N2O3. The van der Waals surface area contributed by atoms with Crippen LogP contribution in [-0.2, 0) is 4.79 Å². The molecule has 0 aromatic heterocycles. The summed E-state index contributed by atoms with van der Waals surface area (Å²) in [4.78, 5) is 12.4. The second-order valence-electron chi connectivity index (χ2n) is 7.30. The first kappa shape index (κ1) is 20.6. The minimum absolute atomic E-state index is 0.139. The summed E-state index contributed by atoms with van der Waals surface area (Å²) in [5, 5.41) is 6.06. The maximum atomic E-state index is 12.4. The molecule has 0 atom stereocenters. The molecule has 0 aliphatic rings. The van der Waals surface area contributed by atoms with E-state index in [0.717, 1.165) is 11.4 Å². The van der Waals surface area contributed by atoms with Crippen molar-refractivity contribution in [3.05, 3.63) is 48.5 Å². The average molecular weight is 370 g/mol. The Bertz CT molecular complexity index is 729. The number of para-hydroxylation sites is 4. The Hall–Kier alpha value is -2.69. The van der Waals surface area contributed by atoms with Crippen LogP contribution in [0.4, 0.5) is 11.4 Å². The zero-order valence-electron chi connectivity index (χ0n) is 16.6. The Labute approximate surface area is 162 Å². The Balaban J connectivity index is 1.94. The first-order valence-corrected chi connectivity index (χ1v) is 9.43. The zero-order valence-corrected chi connectivity index (χ0v) is 16.6. The molecule has 0 saturated carbocycles. The fourth-order valence-electron chi connectivity index (χ4n) is 2.32. The van der Waals surface area contributed by atoms with E-state index in [0.29, 0.717) is 36.5 Å². The molecule has 0 unspecified atom stereocenters. The molecule has 2 aromatic rings. The summed E-state index contributed by atoms with van der Waals surface area (Å²) >= 11 is 0. The van der Waals surface area contributed by atoms with Crippen molar-refractivity contribution in [3.63, 3.8) is 0 Å². The molecule has 2 rings (SSSR count). The number of hydrogen-bond donors (Lipinski definition) is 2. The lowest BCUT2D eigenvalue weighted by atomic mass is 10.2. The topological polar surface area (TPSA) is 59.6 Å². The molecule has 0 fully saturated rings. The molecule has 0 spiro atoms. The maximum absolute atomic E-state index is 12.4. The van der Waals surface area contributed by atoms with Gasteiger partial charge in [-0.1, -0.05) is 52.0 Å². The number of ether oxygens (including phenoxy) is 2. The molecule has 1 amide bonds. The molecule has 0 aliphatic carbocycles. The van der Waals surface area contributed by atoms with E-state index >= 15 is 0 Å². The third kappa shape index (κ3) is 7.21. The highest BCUT2D eigenvalue weighted by Crippen LogP contribution is 2.26. The van der Waals surface area contributed by atoms with E-state index in [-0.39, 0.29) is 12.5 Å². The van der Waals surface area contributed by atoms with Crippen LogP contribution < -0.4 is 20.1 Å². The van der Waals surface area contributed by atoms with E-state index in [1.807, 2.05) is 48.5 Å². The number of amides is 1. The van der Waals surface area contributed by atoms with Crippen molar-refractivity contribution in [1.29, 1.82) is 0 Å². The van der Waals surface area contributed by atoms with Crippen molar-refractivity contribution in [2.45, 2.75) is 27.7 Å². The normalized spacial score (nSPS) is 10.7. The summed E-state index contributed by atoms with van der Waals surface area (Å²) in [5.74, 6) is 2.13. The van der Waals surface area contributed by atoms with Crippen LogP contribution in [-0.4, -0.2) is 25.7 Å². The molecule has 146 valence electrons. The fourth-order valence-corrected chi connectivity index (χ4v) is 2.32. The predicted octanol–water partition coefficient (Wildman–Crippen LogP) is 4.81. The van der Waals surface area contributed by atoms with E-state index in [4.69, 9.17) is 9.47 Å². The van der Waals surface area contributed by atoms with Gasteiger partial charge in [0.25, 0.3) is 0 Å². The summed E-state index contributed by atoms with van der Waals surface area (Å²) in [6.07, 6.45) is 0. The molecule has 2 aromatic carbocycles. The lowest BCUT2D eigenvalue weighted by molar-refractivity contribution is -0.114. The van der Waals surface area contributed by atoms with Crippen molar-refractivity contribution in [2.75, 3.05) is 30.4 Å². The van der Waals surface area contributed by atoms with Crippen LogP contribution in [0.15, 0.2) is 48.5 Å². The minimum Gasteiger partial charge on any atom is -0.491 e. The van der Waals surface area contributed by atoms with Gasteiger partial charge in [-0.15, -0.1) is 0 Å².